The van der Waals surface area contributed by atoms with Crippen molar-refractivity contribution in [3.05, 3.63) is 71.8 Å². The molecule has 0 atom stereocenters. The zero-order chi connectivity index (χ0) is 29.2. The maximum absolute atomic E-state index is 14.2. The minimum atomic E-state index is -5.10. The fourth-order valence-corrected chi connectivity index (χ4v) is 3.90. The van der Waals surface area contributed by atoms with Crippen LogP contribution in [0, 0.1) is 12.7 Å². The number of carbonyl (C=O) groups is 1. The van der Waals surface area contributed by atoms with Crippen molar-refractivity contribution in [3.8, 4) is 28.5 Å². The third-order valence-electron chi connectivity index (χ3n) is 5.66. The molecule has 0 spiro atoms. The monoisotopic (exact) mass is 570 g/mol. The van der Waals surface area contributed by atoms with Crippen molar-refractivity contribution >= 4 is 17.2 Å². The molecule has 0 aliphatic carbocycles. The lowest BCUT2D eigenvalue weighted by Crippen LogP contribution is -2.18. The van der Waals surface area contributed by atoms with Gasteiger partial charge in [0.15, 0.2) is 17.2 Å². The summed E-state index contributed by atoms with van der Waals surface area (Å²) in [6.07, 6.45) is -7.73. The fourth-order valence-electron chi connectivity index (χ4n) is 3.90. The molecular formula is C26H21F7N4O3. The van der Waals surface area contributed by atoms with E-state index in [1.807, 2.05) is 0 Å². The number of aromatic nitrogens is 2. The Labute approximate surface area is 222 Å². The molecule has 212 valence electrons. The Morgan fingerprint density at radius 1 is 1.02 bits per heavy atom. The van der Waals surface area contributed by atoms with Gasteiger partial charge < -0.3 is 20.1 Å². The Balaban J connectivity index is 1.74. The number of hydrogen-bond acceptors (Lipinski definition) is 5. The van der Waals surface area contributed by atoms with Crippen LogP contribution in [-0.4, -0.2) is 41.4 Å². The van der Waals surface area contributed by atoms with E-state index < -0.39 is 37.1 Å². The quantitative estimate of drug-likeness (QED) is 0.226. The first-order valence-electron chi connectivity index (χ1n) is 11.6. The molecule has 2 heterocycles. The molecule has 1 amide bonds. The van der Waals surface area contributed by atoms with Crippen LogP contribution in [-0.2, 0) is 0 Å². The number of alkyl halides is 6. The molecule has 4 aromatic rings. The Kier molecular flexibility index (Phi) is 7.80. The molecule has 0 saturated heterocycles. The minimum absolute atomic E-state index is 0.0175. The number of nitrogens with zero attached hydrogens (tertiary/aromatic N) is 2. The zero-order valence-corrected chi connectivity index (χ0v) is 20.9. The summed E-state index contributed by atoms with van der Waals surface area (Å²) in [7, 11) is 1.50. The van der Waals surface area contributed by atoms with E-state index in [-0.39, 0.29) is 28.7 Å². The highest BCUT2D eigenvalue weighted by Crippen LogP contribution is 2.34. The lowest BCUT2D eigenvalue weighted by Gasteiger charge is -2.15. The molecule has 14 heteroatoms. The summed E-state index contributed by atoms with van der Waals surface area (Å²) in [5, 5.41) is 5.21. The van der Waals surface area contributed by atoms with Crippen molar-refractivity contribution in [2.24, 2.45) is 0 Å². The van der Waals surface area contributed by atoms with Gasteiger partial charge in [-0.05, 0) is 36.8 Å². The van der Waals surface area contributed by atoms with Crippen LogP contribution in [0.3, 0.4) is 0 Å². The van der Waals surface area contributed by atoms with Gasteiger partial charge in [0.25, 0.3) is 5.91 Å². The van der Waals surface area contributed by atoms with Gasteiger partial charge in [0.05, 0.1) is 30.2 Å². The van der Waals surface area contributed by atoms with Gasteiger partial charge in [0.1, 0.15) is 11.5 Å². The number of fused-ring (bicyclic) bond motifs is 1. The highest BCUT2D eigenvalue weighted by Gasteiger charge is 2.32. The van der Waals surface area contributed by atoms with Gasteiger partial charge in [0.2, 0.25) is 0 Å². The third kappa shape index (κ3) is 6.74. The van der Waals surface area contributed by atoms with Crippen molar-refractivity contribution in [2.75, 3.05) is 18.9 Å². The van der Waals surface area contributed by atoms with Crippen LogP contribution in [0.1, 0.15) is 22.3 Å². The number of amides is 1. The van der Waals surface area contributed by atoms with Crippen LogP contribution in [0.5, 0.6) is 17.2 Å². The fraction of sp³-hybridized carbons (Fsp3) is 0.231. The number of nitrogens with one attached hydrogen (secondary N) is 2. The molecule has 7 nitrogen and oxygen atoms in total. The predicted molar refractivity (Wildman–Crippen MR) is 131 cm³/mol. The number of ether oxygens (including phenoxy) is 2. The number of halogens is 7. The van der Waals surface area contributed by atoms with E-state index in [1.54, 1.807) is 25.1 Å². The third-order valence-corrected chi connectivity index (χ3v) is 5.66. The molecule has 0 radical (unpaired) electrons. The van der Waals surface area contributed by atoms with E-state index in [0.717, 1.165) is 12.1 Å². The summed E-state index contributed by atoms with van der Waals surface area (Å²) in [6, 6.07) is 8.80. The second-order valence-corrected chi connectivity index (χ2v) is 8.57. The molecule has 0 unspecified atom stereocenters. The van der Waals surface area contributed by atoms with Gasteiger partial charge in [0, 0.05) is 36.9 Å². The summed E-state index contributed by atoms with van der Waals surface area (Å²) in [4.78, 5) is 16.4. The van der Waals surface area contributed by atoms with E-state index in [4.69, 9.17) is 4.74 Å². The molecule has 2 N–H and O–H groups in total. The molecule has 4 rings (SSSR count). The van der Waals surface area contributed by atoms with E-state index >= 15 is 0 Å². The largest absolute Gasteiger partial charge is 0.573 e. The van der Waals surface area contributed by atoms with Gasteiger partial charge >= 0.3 is 12.5 Å². The number of pyridine rings is 1. The van der Waals surface area contributed by atoms with Gasteiger partial charge in [-0.25, -0.2) is 9.37 Å². The Morgan fingerprint density at radius 2 is 1.77 bits per heavy atom. The Morgan fingerprint density at radius 3 is 2.40 bits per heavy atom. The number of anilines is 1. The number of rotatable bonds is 8. The normalized spacial score (nSPS) is 11.9. The van der Waals surface area contributed by atoms with Crippen molar-refractivity contribution in [3.63, 3.8) is 0 Å². The number of imidazole rings is 1. The zero-order valence-electron chi connectivity index (χ0n) is 20.9. The maximum Gasteiger partial charge on any atom is 0.573 e. The van der Waals surface area contributed by atoms with Crippen LogP contribution in [0.4, 0.5) is 36.4 Å². The predicted octanol–water partition coefficient (Wildman–Crippen LogP) is 6.86. The molecule has 0 aliphatic rings. The number of hydrogen-bond donors (Lipinski definition) is 2. The SMILES string of the molecule is CNC(=O)c1ccc(-c2cnc3c(NCCC(F)(F)F)cc(Oc4ccc(OC(F)(F)F)c(F)c4)cn23)cc1C. The first-order valence-corrected chi connectivity index (χ1v) is 11.6. The number of benzene rings is 2. The summed E-state index contributed by atoms with van der Waals surface area (Å²) in [5.74, 6) is -2.86. The first kappa shape index (κ1) is 28.5. The van der Waals surface area contributed by atoms with E-state index in [2.05, 4.69) is 20.4 Å². The van der Waals surface area contributed by atoms with Crippen molar-refractivity contribution < 1.29 is 45.0 Å². The van der Waals surface area contributed by atoms with Gasteiger partial charge in [-0.15, -0.1) is 13.2 Å². The van der Waals surface area contributed by atoms with Crippen LogP contribution in [0.25, 0.3) is 16.9 Å². The average molecular weight is 570 g/mol. The highest BCUT2D eigenvalue weighted by atomic mass is 19.4. The Hall–Kier alpha value is -4.49. The van der Waals surface area contributed by atoms with Crippen LogP contribution in [0.15, 0.2) is 54.9 Å². The summed E-state index contributed by atoms with van der Waals surface area (Å²) in [5.41, 5.74) is 2.61. The molecule has 2 aromatic carbocycles. The van der Waals surface area contributed by atoms with E-state index in [0.29, 0.717) is 28.5 Å². The van der Waals surface area contributed by atoms with E-state index in [9.17, 15) is 35.5 Å². The van der Waals surface area contributed by atoms with E-state index in [1.165, 1.54) is 29.9 Å². The van der Waals surface area contributed by atoms with Crippen LogP contribution < -0.4 is 20.1 Å². The first-order chi connectivity index (χ1) is 18.7. The molecule has 0 aliphatic heterocycles. The smallest absolute Gasteiger partial charge is 0.456 e. The summed E-state index contributed by atoms with van der Waals surface area (Å²) < 4.78 is 101. The molecule has 0 bridgehead atoms. The van der Waals surface area contributed by atoms with Gasteiger partial charge in [-0.2, -0.15) is 13.2 Å². The molecule has 40 heavy (non-hydrogen) atoms. The lowest BCUT2D eigenvalue weighted by atomic mass is 10.0. The number of carbonyl (C=O) groups excluding carboxylic acids is 1. The highest BCUT2D eigenvalue weighted by molar-refractivity contribution is 5.96. The maximum atomic E-state index is 14.2. The van der Waals surface area contributed by atoms with Crippen molar-refractivity contribution in [1.29, 1.82) is 0 Å². The molecule has 0 fully saturated rings. The second kappa shape index (κ2) is 10.9. The van der Waals surface area contributed by atoms with Crippen LogP contribution in [0.2, 0.25) is 0 Å². The summed E-state index contributed by atoms with van der Waals surface area (Å²) in [6.45, 7) is 1.25. The molecular weight excluding hydrogens is 549 g/mol. The topological polar surface area (TPSA) is 76.9 Å². The van der Waals surface area contributed by atoms with Crippen LogP contribution >= 0.6 is 0 Å². The van der Waals surface area contributed by atoms with Gasteiger partial charge in [-0.1, -0.05) is 6.07 Å². The molecule has 2 aromatic heterocycles. The minimum Gasteiger partial charge on any atom is -0.456 e. The molecule has 0 saturated carbocycles. The Bertz CT molecular complexity index is 1550. The standard InChI is InChI=1S/C26H21F7N4O3/c1-14-9-15(3-5-18(14)24(38)34-2)21-12-36-23-20(35-8-7-25(28,29)30)11-17(13-37(21)23)39-16-4-6-22(19(27)10-16)40-26(31,32)33/h3-6,9-13,35H,7-8H2,1-2H3,(H,34,38). The van der Waals surface area contributed by atoms with Crippen molar-refractivity contribution in [1.82, 2.24) is 14.7 Å². The lowest BCUT2D eigenvalue weighted by molar-refractivity contribution is -0.275. The van der Waals surface area contributed by atoms with Gasteiger partial charge in [-0.3, -0.25) is 9.20 Å². The van der Waals surface area contributed by atoms with Crippen molar-refractivity contribution in [2.45, 2.75) is 25.9 Å². The number of aryl methyl sites for hydroxylation is 1. The second-order valence-electron chi connectivity index (χ2n) is 8.57. The summed E-state index contributed by atoms with van der Waals surface area (Å²) >= 11 is 0. The average Bonchev–Trinajstić information content (AvgIpc) is 3.28.